The van der Waals surface area contributed by atoms with Crippen LogP contribution in [0.15, 0.2) is 156 Å². The zero-order valence-corrected chi connectivity index (χ0v) is 27.5. The molecule has 0 spiro atoms. The van der Waals surface area contributed by atoms with Crippen LogP contribution in [-0.4, -0.2) is 23.0 Å². The minimum atomic E-state index is 0.150. The molecule has 0 saturated carbocycles. The Labute approximate surface area is 285 Å². The fourth-order valence-electron chi connectivity index (χ4n) is 7.19. The van der Waals surface area contributed by atoms with Gasteiger partial charge in [0.1, 0.15) is 0 Å². The summed E-state index contributed by atoms with van der Waals surface area (Å²) in [5.41, 5.74) is 8.64. The molecule has 0 atom stereocenters. The van der Waals surface area contributed by atoms with E-state index in [4.69, 9.17) is 0 Å². The van der Waals surface area contributed by atoms with Gasteiger partial charge in [0.05, 0.1) is 5.52 Å². The minimum Gasteiger partial charge on any atom is -0.310 e. The van der Waals surface area contributed by atoms with Crippen LogP contribution in [-0.2, 0) is 0 Å². The molecule has 0 amide bonds. The molecule has 0 unspecified atom stereocenters. The zero-order valence-electron chi connectivity index (χ0n) is 27.5. The Morgan fingerprint density at radius 3 is 1.98 bits per heavy atom. The average Bonchev–Trinajstić information content (AvgIpc) is 3.44. The van der Waals surface area contributed by atoms with Crippen LogP contribution >= 0.6 is 0 Å². The predicted octanol–water partition coefficient (Wildman–Crippen LogP) is 11.6. The highest BCUT2D eigenvalue weighted by Gasteiger charge is 2.18. The van der Waals surface area contributed by atoms with Crippen molar-refractivity contribution in [2.75, 3.05) is 0 Å². The van der Waals surface area contributed by atoms with Gasteiger partial charge >= 0.3 is 0 Å². The maximum absolute atomic E-state index is 9.19. The Morgan fingerprint density at radius 1 is 0.653 bits per heavy atom. The van der Waals surface area contributed by atoms with E-state index in [1.54, 1.807) is 0 Å². The van der Waals surface area contributed by atoms with E-state index < -0.39 is 0 Å². The summed E-state index contributed by atoms with van der Waals surface area (Å²) >= 11 is 0. The number of aryl methyl sites for hydroxylation is 1. The molecule has 8 rings (SSSR count). The van der Waals surface area contributed by atoms with Gasteiger partial charge in [-0.05, 0) is 94.5 Å². The van der Waals surface area contributed by atoms with E-state index in [0.717, 1.165) is 54.9 Å². The first-order valence-electron chi connectivity index (χ1n) is 16.5. The lowest BCUT2D eigenvalue weighted by Gasteiger charge is -2.15. The first-order valence-corrected chi connectivity index (χ1v) is 16.5. The molecular formula is C45H34N4. The zero-order chi connectivity index (χ0) is 33.5. The summed E-state index contributed by atoms with van der Waals surface area (Å²) in [6, 6.07) is 48.5. The van der Waals surface area contributed by atoms with Crippen LogP contribution in [0.5, 0.6) is 0 Å². The Morgan fingerprint density at radius 2 is 1.27 bits per heavy atom. The molecule has 0 aliphatic heterocycles. The molecule has 0 radical (unpaired) electrons. The van der Waals surface area contributed by atoms with Crippen LogP contribution in [0.3, 0.4) is 0 Å². The van der Waals surface area contributed by atoms with Crippen molar-refractivity contribution in [1.29, 1.82) is 5.41 Å². The SMILES string of the molecule is C=NC(=NC(=N)c1cccc2c3ccccc3c3cc(-c4ccc5c(C)c(/C=C\C)n(-c6ccccc6)c5c4)ccc3c12)c1ccccc1. The lowest BCUT2D eigenvalue weighted by atomic mass is 9.89. The Hall–Kier alpha value is -6.39. The van der Waals surface area contributed by atoms with Gasteiger partial charge in [-0.1, -0.05) is 121 Å². The van der Waals surface area contributed by atoms with Gasteiger partial charge in [-0.2, -0.15) is 0 Å². The highest BCUT2D eigenvalue weighted by atomic mass is 15.0. The number of benzene rings is 7. The predicted molar refractivity (Wildman–Crippen MR) is 210 cm³/mol. The first-order chi connectivity index (χ1) is 24.1. The second-order valence-corrected chi connectivity index (χ2v) is 12.3. The van der Waals surface area contributed by atoms with Gasteiger partial charge in [-0.25, -0.2) is 9.98 Å². The van der Waals surface area contributed by atoms with Crippen molar-refractivity contribution in [1.82, 2.24) is 4.57 Å². The average molecular weight is 631 g/mol. The molecule has 0 bridgehead atoms. The number of nitrogens with zero attached hydrogens (tertiary/aromatic N) is 3. The standard InChI is InChI=1S/C45H34N4/c1-4-14-41-29(2)34-25-23-32(28-42(34)49(41)33-17-9-6-10-18-33)31-24-26-38-40(27-31)36-20-12-11-19-35(36)37-21-13-22-39(43(37)38)44(46)48-45(47-3)30-15-7-5-8-16-30/h4-28,46H,3H2,1-2H3/b14-4-,46-44?,48-45?. The van der Waals surface area contributed by atoms with Gasteiger partial charge in [0.15, 0.2) is 11.7 Å². The van der Waals surface area contributed by atoms with Crippen molar-refractivity contribution in [2.24, 2.45) is 9.98 Å². The van der Waals surface area contributed by atoms with Gasteiger partial charge in [-0.15, -0.1) is 0 Å². The number of amidine groups is 2. The molecular weight excluding hydrogens is 597 g/mol. The van der Waals surface area contributed by atoms with Crippen molar-refractivity contribution in [3.8, 4) is 16.8 Å². The largest absolute Gasteiger partial charge is 0.310 e. The number of para-hydroxylation sites is 1. The van der Waals surface area contributed by atoms with Gasteiger partial charge < -0.3 is 4.57 Å². The van der Waals surface area contributed by atoms with Crippen LogP contribution in [0.2, 0.25) is 0 Å². The molecule has 234 valence electrons. The molecule has 8 aromatic rings. The number of allylic oxidation sites excluding steroid dienone is 1. The van der Waals surface area contributed by atoms with E-state index in [9.17, 15) is 5.41 Å². The van der Waals surface area contributed by atoms with Crippen molar-refractivity contribution in [2.45, 2.75) is 13.8 Å². The van der Waals surface area contributed by atoms with Crippen LogP contribution in [0.4, 0.5) is 0 Å². The molecule has 0 saturated heterocycles. The Bertz CT molecular complexity index is 2640. The third kappa shape index (κ3) is 5.06. The Balaban J connectivity index is 1.35. The number of aromatic nitrogens is 1. The number of nitrogens with one attached hydrogen (secondary N) is 1. The van der Waals surface area contributed by atoms with Crippen molar-refractivity contribution in [3.05, 3.63) is 168 Å². The molecule has 7 aromatic carbocycles. The number of hydrogen-bond acceptors (Lipinski definition) is 1. The number of fused-ring (bicyclic) bond motifs is 7. The third-order valence-corrected chi connectivity index (χ3v) is 9.46. The molecule has 0 aliphatic rings. The summed E-state index contributed by atoms with van der Waals surface area (Å²) in [6.07, 6.45) is 4.30. The fraction of sp³-hybridized carbons (Fsp3) is 0.0444. The van der Waals surface area contributed by atoms with Crippen LogP contribution in [0, 0.1) is 12.3 Å². The summed E-state index contributed by atoms with van der Waals surface area (Å²) in [6.45, 7) is 8.02. The molecule has 4 nitrogen and oxygen atoms in total. The highest BCUT2D eigenvalue weighted by molar-refractivity contribution is 6.30. The van der Waals surface area contributed by atoms with Gasteiger partial charge in [0, 0.05) is 33.3 Å². The highest BCUT2D eigenvalue weighted by Crippen LogP contribution is 2.40. The lowest BCUT2D eigenvalue weighted by Crippen LogP contribution is -2.04. The van der Waals surface area contributed by atoms with Crippen LogP contribution in [0.1, 0.15) is 29.3 Å². The molecule has 0 fully saturated rings. The summed E-state index contributed by atoms with van der Waals surface area (Å²) in [5, 5.41) is 17.1. The van der Waals surface area contributed by atoms with E-state index >= 15 is 0 Å². The van der Waals surface area contributed by atoms with Gasteiger partial charge in [0.25, 0.3) is 0 Å². The summed E-state index contributed by atoms with van der Waals surface area (Å²) < 4.78 is 2.36. The molecule has 1 heterocycles. The molecule has 1 N–H and O–H groups in total. The molecule has 0 aliphatic carbocycles. The fourth-order valence-corrected chi connectivity index (χ4v) is 7.19. The topological polar surface area (TPSA) is 53.5 Å². The van der Waals surface area contributed by atoms with Crippen molar-refractivity contribution in [3.63, 3.8) is 0 Å². The van der Waals surface area contributed by atoms with Crippen molar-refractivity contribution < 1.29 is 0 Å². The second kappa shape index (κ2) is 12.3. The van der Waals surface area contributed by atoms with Crippen LogP contribution < -0.4 is 0 Å². The van der Waals surface area contributed by atoms with E-state index in [1.807, 2.05) is 42.5 Å². The number of rotatable bonds is 5. The van der Waals surface area contributed by atoms with E-state index in [0.29, 0.717) is 5.84 Å². The Kier molecular flexibility index (Phi) is 7.54. The third-order valence-electron chi connectivity index (χ3n) is 9.46. The van der Waals surface area contributed by atoms with E-state index in [1.165, 1.54) is 27.5 Å². The van der Waals surface area contributed by atoms with Gasteiger partial charge in [0.2, 0.25) is 0 Å². The lowest BCUT2D eigenvalue weighted by molar-refractivity contribution is 1.10. The second-order valence-electron chi connectivity index (χ2n) is 12.3. The van der Waals surface area contributed by atoms with E-state index in [2.05, 4.69) is 144 Å². The molecule has 4 heteroatoms. The maximum Gasteiger partial charge on any atom is 0.161 e. The van der Waals surface area contributed by atoms with Crippen molar-refractivity contribution >= 4 is 67.7 Å². The summed E-state index contributed by atoms with van der Waals surface area (Å²) in [4.78, 5) is 8.86. The minimum absolute atomic E-state index is 0.150. The monoisotopic (exact) mass is 630 g/mol. The molecule has 49 heavy (non-hydrogen) atoms. The number of aliphatic imine (C=N–C) groups is 2. The van der Waals surface area contributed by atoms with Gasteiger partial charge in [-0.3, -0.25) is 5.41 Å². The maximum atomic E-state index is 9.19. The summed E-state index contributed by atoms with van der Waals surface area (Å²) in [7, 11) is 0. The number of hydrogen-bond donors (Lipinski definition) is 1. The smallest absolute Gasteiger partial charge is 0.161 e. The quantitative estimate of drug-likeness (QED) is 0.112. The summed E-state index contributed by atoms with van der Waals surface area (Å²) in [5.74, 6) is 0.579. The normalized spacial score (nSPS) is 12.1. The van der Waals surface area contributed by atoms with Crippen LogP contribution in [0.25, 0.3) is 66.1 Å². The first kappa shape index (κ1) is 30.0. The van der Waals surface area contributed by atoms with E-state index in [-0.39, 0.29) is 5.84 Å². The molecule has 1 aromatic heterocycles.